The summed E-state index contributed by atoms with van der Waals surface area (Å²) in [6.07, 6.45) is 3.01. The zero-order chi connectivity index (χ0) is 14.6. The van der Waals surface area contributed by atoms with E-state index in [0.29, 0.717) is 13.1 Å². The molecule has 2 rings (SSSR count). The van der Waals surface area contributed by atoms with Crippen LogP contribution < -0.4 is 4.72 Å². The van der Waals surface area contributed by atoms with Crippen LogP contribution in [0, 0.1) is 11.3 Å². The monoisotopic (exact) mass is 294 g/mol. The number of carbonyl (C=O) groups is 1. The van der Waals surface area contributed by atoms with Gasteiger partial charge in [-0.15, -0.1) is 0 Å². The van der Waals surface area contributed by atoms with E-state index in [1.54, 1.807) is 11.0 Å². The molecule has 1 N–H and O–H groups in total. The highest BCUT2D eigenvalue weighted by Crippen LogP contribution is 2.09. The Morgan fingerprint density at radius 3 is 2.65 bits per heavy atom. The third-order valence-electron chi connectivity index (χ3n) is 3.03. The zero-order valence-corrected chi connectivity index (χ0v) is 11.6. The van der Waals surface area contributed by atoms with Crippen LogP contribution in [-0.4, -0.2) is 43.8 Å². The smallest absolute Gasteiger partial charge is 0.242 e. The first-order valence-corrected chi connectivity index (χ1v) is 7.65. The van der Waals surface area contributed by atoms with Gasteiger partial charge in [-0.1, -0.05) is 0 Å². The van der Waals surface area contributed by atoms with E-state index in [2.05, 4.69) is 9.71 Å². The highest BCUT2D eigenvalue weighted by Gasteiger charge is 2.21. The van der Waals surface area contributed by atoms with Crippen LogP contribution in [-0.2, 0) is 14.8 Å². The van der Waals surface area contributed by atoms with Crippen molar-refractivity contribution in [3.8, 4) is 6.07 Å². The number of nitrogens with one attached hydrogen (secondary N) is 1. The van der Waals surface area contributed by atoms with Gasteiger partial charge in [-0.05, 0) is 25.0 Å². The summed E-state index contributed by atoms with van der Waals surface area (Å²) < 4.78 is 26.1. The van der Waals surface area contributed by atoms with Gasteiger partial charge in [-0.3, -0.25) is 4.79 Å². The predicted molar refractivity (Wildman–Crippen MR) is 70.0 cm³/mol. The number of pyridine rings is 1. The van der Waals surface area contributed by atoms with Gasteiger partial charge in [0.05, 0.1) is 6.54 Å². The lowest BCUT2D eigenvalue weighted by Gasteiger charge is -2.15. The van der Waals surface area contributed by atoms with E-state index in [0.717, 1.165) is 19.0 Å². The average molecular weight is 294 g/mol. The normalized spacial score (nSPS) is 15.1. The number of likely N-dealkylation sites (tertiary alicyclic amines) is 1. The number of hydrogen-bond acceptors (Lipinski definition) is 5. The zero-order valence-electron chi connectivity index (χ0n) is 10.7. The van der Waals surface area contributed by atoms with Gasteiger partial charge in [0, 0.05) is 19.3 Å². The second kappa shape index (κ2) is 5.98. The molecule has 1 aliphatic rings. The molecule has 7 nitrogen and oxygen atoms in total. The molecule has 0 bridgehead atoms. The van der Waals surface area contributed by atoms with E-state index >= 15 is 0 Å². The second-order valence-corrected chi connectivity index (χ2v) is 6.17. The van der Waals surface area contributed by atoms with Crippen molar-refractivity contribution >= 4 is 15.9 Å². The third kappa shape index (κ3) is 3.31. The molecule has 2 heterocycles. The van der Waals surface area contributed by atoms with Crippen molar-refractivity contribution in [2.45, 2.75) is 17.7 Å². The van der Waals surface area contributed by atoms with E-state index < -0.39 is 10.0 Å². The van der Waals surface area contributed by atoms with Gasteiger partial charge in [-0.25, -0.2) is 18.1 Å². The van der Waals surface area contributed by atoms with Crippen LogP contribution in [0.3, 0.4) is 0 Å². The van der Waals surface area contributed by atoms with Crippen LogP contribution in [0.5, 0.6) is 0 Å². The molecule has 0 atom stereocenters. The highest BCUT2D eigenvalue weighted by atomic mass is 32.2. The van der Waals surface area contributed by atoms with Crippen molar-refractivity contribution in [3.63, 3.8) is 0 Å². The van der Waals surface area contributed by atoms with Crippen LogP contribution in [0.2, 0.25) is 0 Å². The van der Waals surface area contributed by atoms with Gasteiger partial charge in [0.15, 0.2) is 0 Å². The number of nitriles is 1. The highest BCUT2D eigenvalue weighted by molar-refractivity contribution is 7.89. The first-order valence-electron chi connectivity index (χ1n) is 6.16. The van der Waals surface area contributed by atoms with E-state index in [1.807, 2.05) is 0 Å². The number of rotatable bonds is 4. The summed E-state index contributed by atoms with van der Waals surface area (Å²) >= 11 is 0. The van der Waals surface area contributed by atoms with E-state index in [-0.39, 0.29) is 23.0 Å². The molecular formula is C12H14N4O3S. The fraction of sp³-hybridized carbons (Fsp3) is 0.417. The number of amides is 1. The Hall–Kier alpha value is -1.98. The van der Waals surface area contributed by atoms with Crippen LogP contribution in [0.15, 0.2) is 23.2 Å². The summed E-state index contributed by atoms with van der Waals surface area (Å²) in [5.41, 5.74) is 0.136. The molecule has 20 heavy (non-hydrogen) atoms. The Labute approximate surface area is 117 Å². The molecule has 0 saturated carbocycles. The maximum Gasteiger partial charge on any atom is 0.242 e. The molecule has 1 amide bonds. The quantitative estimate of drug-likeness (QED) is 0.832. The Bertz CT molecular complexity index is 628. The molecule has 8 heteroatoms. The minimum absolute atomic E-state index is 0.0641. The van der Waals surface area contributed by atoms with Gasteiger partial charge in [0.25, 0.3) is 0 Å². The molecule has 0 aliphatic carbocycles. The first-order chi connectivity index (χ1) is 9.53. The maximum atomic E-state index is 11.9. The van der Waals surface area contributed by atoms with E-state index in [1.165, 1.54) is 12.1 Å². The second-order valence-electron chi connectivity index (χ2n) is 4.40. The van der Waals surface area contributed by atoms with Gasteiger partial charge in [0.2, 0.25) is 15.9 Å². The van der Waals surface area contributed by atoms with Crippen LogP contribution in [0.4, 0.5) is 0 Å². The fourth-order valence-electron chi connectivity index (χ4n) is 1.92. The summed E-state index contributed by atoms with van der Waals surface area (Å²) in [7, 11) is -3.78. The Kier molecular flexibility index (Phi) is 4.32. The molecule has 1 aromatic rings. The van der Waals surface area contributed by atoms with E-state index in [9.17, 15) is 13.2 Å². The molecule has 1 aromatic heterocycles. The Morgan fingerprint density at radius 1 is 1.40 bits per heavy atom. The fourth-order valence-corrected chi connectivity index (χ4v) is 2.84. The van der Waals surface area contributed by atoms with Crippen molar-refractivity contribution in [1.82, 2.24) is 14.6 Å². The van der Waals surface area contributed by atoms with Gasteiger partial charge in [0.1, 0.15) is 16.7 Å². The summed E-state index contributed by atoms with van der Waals surface area (Å²) in [5, 5.41) is 8.60. The summed E-state index contributed by atoms with van der Waals surface area (Å²) in [6.45, 7) is 1.10. The Morgan fingerprint density at radius 2 is 2.10 bits per heavy atom. The minimum atomic E-state index is -3.78. The van der Waals surface area contributed by atoms with Crippen LogP contribution >= 0.6 is 0 Å². The standard InChI is InChI=1S/C12H14N4O3S/c13-7-10-3-4-11(8-14-10)20(18,19)15-9-12(17)16-5-1-2-6-16/h3-4,8,15H,1-2,5-6,9H2. The molecule has 1 aliphatic heterocycles. The van der Waals surface area contributed by atoms with Crippen LogP contribution in [0.25, 0.3) is 0 Å². The lowest BCUT2D eigenvalue weighted by Crippen LogP contribution is -2.38. The lowest BCUT2D eigenvalue weighted by atomic mass is 10.4. The molecule has 1 saturated heterocycles. The molecule has 0 spiro atoms. The number of sulfonamides is 1. The molecule has 0 unspecified atom stereocenters. The predicted octanol–water partition coefficient (Wildman–Crippen LogP) is -0.146. The SMILES string of the molecule is N#Cc1ccc(S(=O)(=O)NCC(=O)N2CCCC2)cn1. The number of aromatic nitrogens is 1. The Balaban J connectivity index is 1.99. The van der Waals surface area contributed by atoms with Crippen molar-refractivity contribution in [2.75, 3.05) is 19.6 Å². The van der Waals surface area contributed by atoms with Gasteiger partial charge in [-0.2, -0.15) is 5.26 Å². The largest absolute Gasteiger partial charge is 0.342 e. The summed E-state index contributed by atoms with van der Waals surface area (Å²) in [6, 6.07) is 4.41. The number of carbonyl (C=O) groups excluding carboxylic acids is 1. The topological polar surface area (TPSA) is 103 Å². The molecule has 106 valence electrons. The summed E-state index contributed by atoms with van der Waals surface area (Å²) in [4.78, 5) is 17.0. The molecular weight excluding hydrogens is 280 g/mol. The molecule has 0 radical (unpaired) electrons. The van der Waals surface area contributed by atoms with Crippen molar-refractivity contribution in [3.05, 3.63) is 24.0 Å². The number of nitrogens with zero attached hydrogens (tertiary/aromatic N) is 3. The van der Waals surface area contributed by atoms with Gasteiger partial charge < -0.3 is 4.90 Å². The number of hydrogen-bond donors (Lipinski definition) is 1. The third-order valence-corrected chi connectivity index (χ3v) is 4.42. The maximum absolute atomic E-state index is 11.9. The molecule has 0 aromatic carbocycles. The minimum Gasteiger partial charge on any atom is -0.342 e. The molecule has 1 fully saturated rings. The van der Waals surface area contributed by atoms with Crippen molar-refractivity contribution < 1.29 is 13.2 Å². The average Bonchev–Trinajstić information content (AvgIpc) is 2.99. The van der Waals surface area contributed by atoms with Crippen molar-refractivity contribution in [1.29, 1.82) is 5.26 Å². The lowest BCUT2D eigenvalue weighted by molar-refractivity contribution is -0.128. The van der Waals surface area contributed by atoms with Crippen molar-refractivity contribution in [2.24, 2.45) is 0 Å². The van der Waals surface area contributed by atoms with Gasteiger partial charge >= 0.3 is 0 Å². The van der Waals surface area contributed by atoms with Crippen LogP contribution in [0.1, 0.15) is 18.5 Å². The summed E-state index contributed by atoms with van der Waals surface area (Å²) in [5.74, 6) is -0.229. The first kappa shape index (κ1) is 14.4. The van der Waals surface area contributed by atoms with E-state index in [4.69, 9.17) is 5.26 Å².